The number of carbonyl (C=O) groups is 1. The van der Waals surface area contributed by atoms with Gasteiger partial charge in [-0.25, -0.2) is 9.97 Å². The van der Waals surface area contributed by atoms with E-state index in [2.05, 4.69) is 25.9 Å². The molecule has 13 heavy (non-hydrogen) atoms. The van der Waals surface area contributed by atoms with Crippen LogP contribution in [0.1, 0.15) is 32.0 Å². The van der Waals surface area contributed by atoms with Gasteiger partial charge < -0.3 is 0 Å². The molecule has 1 unspecified atom stereocenters. The Labute approximate surface area is 85.7 Å². The van der Waals surface area contributed by atoms with E-state index in [0.717, 1.165) is 10.9 Å². The zero-order valence-electron chi connectivity index (χ0n) is 7.62. The second kappa shape index (κ2) is 4.46. The fourth-order valence-corrected chi connectivity index (χ4v) is 1.36. The van der Waals surface area contributed by atoms with Crippen LogP contribution in [0.4, 0.5) is 0 Å². The minimum Gasteiger partial charge on any atom is -0.299 e. The van der Waals surface area contributed by atoms with Gasteiger partial charge in [0.15, 0.2) is 0 Å². The van der Waals surface area contributed by atoms with Crippen LogP contribution in [-0.2, 0) is 4.79 Å². The van der Waals surface area contributed by atoms with Crippen molar-refractivity contribution in [2.75, 3.05) is 0 Å². The number of Topliss-reactive ketones (excluding diaryl/α,β-unsaturated/α-hetero) is 1. The number of carbonyl (C=O) groups excluding carboxylic acids is 1. The summed E-state index contributed by atoms with van der Waals surface area (Å²) < 4.78 is 0.828. The first kappa shape index (κ1) is 10.3. The Morgan fingerprint density at radius 1 is 1.54 bits per heavy atom. The van der Waals surface area contributed by atoms with E-state index >= 15 is 0 Å². The number of halogens is 1. The SMILES string of the molecule is CCC(C(C)=O)c1ncc(Br)cn1. The van der Waals surface area contributed by atoms with Crippen LogP contribution in [0.3, 0.4) is 0 Å². The van der Waals surface area contributed by atoms with E-state index in [1.165, 1.54) is 0 Å². The summed E-state index contributed by atoms with van der Waals surface area (Å²) in [4.78, 5) is 19.4. The molecule has 3 nitrogen and oxygen atoms in total. The van der Waals surface area contributed by atoms with Crippen molar-refractivity contribution in [3.8, 4) is 0 Å². The van der Waals surface area contributed by atoms with Crippen LogP contribution in [0.15, 0.2) is 16.9 Å². The monoisotopic (exact) mass is 242 g/mol. The normalized spacial score (nSPS) is 12.5. The summed E-state index contributed by atoms with van der Waals surface area (Å²) in [5.41, 5.74) is 0. The molecular formula is C9H11BrN2O. The second-order valence-electron chi connectivity index (χ2n) is 2.83. The summed E-state index contributed by atoms with van der Waals surface area (Å²) in [5, 5.41) is 0. The standard InChI is InChI=1S/C9H11BrN2O/c1-3-8(6(2)13)9-11-4-7(10)5-12-9/h4-5,8H,3H2,1-2H3. The summed E-state index contributed by atoms with van der Waals surface area (Å²) in [6.45, 7) is 3.52. The average Bonchev–Trinajstić information content (AvgIpc) is 2.09. The number of aromatic nitrogens is 2. The van der Waals surface area contributed by atoms with E-state index in [1.54, 1.807) is 19.3 Å². The lowest BCUT2D eigenvalue weighted by Gasteiger charge is -2.08. The zero-order valence-corrected chi connectivity index (χ0v) is 9.21. The van der Waals surface area contributed by atoms with Crippen molar-refractivity contribution < 1.29 is 4.79 Å². The molecule has 0 aliphatic carbocycles. The van der Waals surface area contributed by atoms with E-state index in [1.807, 2.05) is 6.92 Å². The Kier molecular flexibility index (Phi) is 3.54. The van der Waals surface area contributed by atoms with Crippen molar-refractivity contribution in [3.05, 3.63) is 22.7 Å². The molecule has 0 fully saturated rings. The van der Waals surface area contributed by atoms with E-state index < -0.39 is 0 Å². The summed E-state index contributed by atoms with van der Waals surface area (Å²) in [5.74, 6) is 0.566. The maximum absolute atomic E-state index is 11.2. The molecule has 1 heterocycles. The molecule has 0 saturated carbocycles. The Hall–Kier alpha value is -0.770. The summed E-state index contributed by atoms with van der Waals surface area (Å²) in [6.07, 6.45) is 4.07. The maximum Gasteiger partial charge on any atom is 0.140 e. The van der Waals surface area contributed by atoms with Gasteiger partial charge in [0.2, 0.25) is 0 Å². The topological polar surface area (TPSA) is 42.9 Å². The molecule has 1 aromatic rings. The fraction of sp³-hybridized carbons (Fsp3) is 0.444. The lowest BCUT2D eigenvalue weighted by atomic mass is 10.0. The van der Waals surface area contributed by atoms with Crippen LogP contribution < -0.4 is 0 Å². The minimum absolute atomic E-state index is 0.116. The fourth-order valence-electron chi connectivity index (χ4n) is 1.15. The van der Waals surface area contributed by atoms with E-state index in [-0.39, 0.29) is 11.7 Å². The van der Waals surface area contributed by atoms with Crippen LogP contribution in [-0.4, -0.2) is 15.8 Å². The number of rotatable bonds is 3. The van der Waals surface area contributed by atoms with Gasteiger partial charge in [-0.2, -0.15) is 0 Å². The molecule has 0 N–H and O–H groups in total. The lowest BCUT2D eigenvalue weighted by Crippen LogP contribution is -2.11. The summed E-state index contributed by atoms with van der Waals surface area (Å²) in [7, 11) is 0. The molecule has 0 aliphatic heterocycles. The second-order valence-corrected chi connectivity index (χ2v) is 3.75. The highest BCUT2D eigenvalue weighted by molar-refractivity contribution is 9.10. The van der Waals surface area contributed by atoms with Gasteiger partial charge in [0.25, 0.3) is 0 Å². The highest BCUT2D eigenvalue weighted by Crippen LogP contribution is 2.17. The molecular weight excluding hydrogens is 232 g/mol. The van der Waals surface area contributed by atoms with Gasteiger partial charge in [0, 0.05) is 12.4 Å². The van der Waals surface area contributed by atoms with Gasteiger partial charge >= 0.3 is 0 Å². The van der Waals surface area contributed by atoms with Crippen LogP contribution >= 0.6 is 15.9 Å². The Bertz CT molecular complexity index is 297. The Balaban J connectivity index is 2.92. The van der Waals surface area contributed by atoms with E-state index in [0.29, 0.717) is 5.82 Å². The van der Waals surface area contributed by atoms with Gasteiger partial charge in [-0.15, -0.1) is 0 Å². The Morgan fingerprint density at radius 2 is 2.08 bits per heavy atom. The van der Waals surface area contributed by atoms with Crippen molar-refractivity contribution >= 4 is 21.7 Å². The third kappa shape index (κ3) is 2.59. The zero-order chi connectivity index (χ0) is 9.84. The molecule has 0 aromatic carbocycles. The summed E-state index contributed by atoms with van der Waals surface area (Å²) >= 11 is 3.24. The van der Waals surface area contributed by atoms with Crippen molar-refractivity contribution in [1.29, 1.82) is 0 Å². The van der Waals surface area contributed by atoms with Gasteiger partial charge in [0.1, 0.15) is 11.6 Å². The summed E-state index contributed by atoms with van der Waals surface area (Å²) in [6, 6.07) is 0. The van der Waals surface area contributed by atoms with Gasteiger partial charge in [-0.3, -0.25) is 4.79 Å². The average molecular weight is 243 g/mol. The minimum atomic E-state index is -0.159. The van der Waals surface area contributed by atoms with Crippen LogP contribution in [0.25, 0.3) is 0 Å². The molecule has 0 spiro atoms. The van der Waals surface area contributed by atoms with Crippen molar-refractivity contribution in [2.45, 2.75) is 26.2 Å². The van der Waals surface area contributed by atoms with Gasteiger partial charge in [-0.05, 0) is 29.3 Å². The first-order valence-corrected chi connectivity index (χ1v) is 4.92. The van der Waals surface area contributed by atoms with E-state index in [9.17, 15) is 4.79 Å². The van der Waals surface area contributed by atoms with Crippen molar-refractivity contribution in [1.82, 2.24) is 9.97 Å². The predicted octanol–water partition coefficient (Wildman–Crippen LogP) is 2.32. The third-order valence-electron chi connectivity index (χ3n) is 1.85. The molecule has 0 radical (unpaired) electrons. The number of nitrogens with zero attached hydrogens (tertiary/aromatic N) is 2. The largest absolute Gasteiger partial charge is 0.299 e. The number of hydrogen-bond acceptors (Lipinski definition) is 3. The Morgan fingerprint density at radius 3 is 2.46 bits per heavy atom. The van der Waals surface area contributed by atoms with Crippen LogP contribution in [0.5, 0.6) is 0 Å². The van der Waals surface area contributed by atoms with Crippen LogP contribution in [0, 0.1) is 0 Å². The highest BCUT2D eigenvalue weighted by Gasteiger charge is 2.16. The quantitative estimate of drug-likeness (QED) is 0.818. The molecule has 1 aromatic heterocycles. The lowest BCUT2D eigenvalue weighted by molar-refractivity contribution is -0.118. The molecule has 0 amide bonds. The third-order valence-corrected chi connectivity index (χ3v) is 2.26. The van der Waals surface area contributed by atoms with Crippen LogP contribution in [0.2, 0.25) is 0 Å². The number of hydrogen-bond donors (Lipinski definition) is 0. The molecule has 0 aliphatic rings. The molecule has 4 heteroatoms. The smallest absolute Gasteiger partial charge is 0.140 e. The van der Waals surface area contributed by atoms with E-state index in [4.69, 9.17) is 0 Å². The van der Waals surface area contributed by atoms with Gasteiger partial charge in [-0.1, -0.05) is 6.92 Å². The maximum atomic E-state index is 11.2. The number of ketones is 1. The van der Waals surface area contributed by atoms with Crippen molar-refractivity contribution in [2.24, 2.45) is 0 Å². The van der Waals surface area contributed by atoms with Crippen molar-refractivity contribution in [3.63, 3.8) is 0 Å². The molecule has 0 bridgehead atoms. The molecule has 70 valence electrons. The molecule has 1 rings (SSSR count). The molecule has 1 atom stereocenters. The highest BCUT2D eigenvalue weighted by atomic mass is 79.9. The first-order chi connectivity index (χ1) is 6.15. The first-order valence-electron chi connectivity index (χ1n) is 4.13. The molecule has 0 saturated heterocycles. The predicted molar refractivity (Wildman–Crippen MR) is 53.4 cm³/mol. The van der Waals surface area contributed by atoms with Gasteiger partial charge in [0.05, 0.1) is 10.4 Å².